The predicted molar refractivity (Wildman–Crippen MR) is 115 cm³/mol. The normalized spacial score (nSPS) is 22.8. The number of aromatic nitrogens is 1. The second-order valence-electron chi connectivity index (χ2n) is 8.25. The summed E-state index contributed by atoms with van der Waals surface area (Å²) in [5.41, 5.74) is 0.737. The number of hydrogen-bond acceptors (Lipinski definition) is 6. The fourth-order valence-corrected chi connectivity index (χ4v) is 3.26. The molecule has 160 valence electrons. The van der Waals surface area contributed by atoms with Gasteiger partial charge in [0.25, 0.3) is 0 Å². The van der Waals surface area contributed by atoms with E-state index in [9.17, 15) is 9.59 Å². The summed E-state index contributed by atoms with van der Waals surface area (Å²) in [5, 5.41) is 6.36. The second-order valence-corrected chi connectivity index (χ2v) is 8.25. The number of rotatable bonds is 12. The van der Waals surface area contributed by atoms with Crippen LogP contribution >= 0.6 is 0 Å². The molecule has 1 aliphatic heterocycles. The predicted octanol–water partition coefficient (Wildman–Crippen LogP) is 2.09. The third-order valence-corrected chi connectivity index (χ3v) is 5.86. The highest BCUT2D eigenvalue weighted by molar-refractivity contribution is 5.76. The molecule has 7 nitrogen and oxygen atoms in total. The maximum absolute atomic E-state index is 12.1. The molecule has 0 aromatic carbocycles. The summed E-state index contributed by atoms with van der Waals surface area (Å²) in [6, 6.07) is 3.93. The summed E-state index contributed by atoms with van der Waals surface area (Å²) in [6.45, 7) is 11.5. The van der Waals surface area contributed by atoms with E-state index < -0.39 is 5.54 Å². The molecule has 2 heterocycles. The lowest BCUT2D eigenvalue weighted by Crippen LogP contribution is -2.68. The van der Waals surface area contributed by atoms with Crippen molar-refractivity contribution in [3.05, 3.63) is 36.7 Å². The van der Waals surface area contributed by atoms with E-state index in [4.69, 9.17) is 4.74 Å². The third kappa shape index (κ3) is 6.11. The van der Waals surface area contributed by atoms with Crippen LogP contribution in [0.15, 0.2) is 36.7 Å². The third-order valence-electron chi connectivity index (χ3n) is 5.86. The minimum atomic E-state index is -0.745. The molecule has 1 fully saturated rings. The average Bonchev–Trinajstić information content (AvgIpc) is 2.72. The maximum Gasteiger partial charge on any atom is 0.221 e. The minimum Gasteiger partial charge on any atom is -0.374 e. The number of ether oxygens (including phenoxy) is 1. The molecule has 1 aliphatic rings. The van der Waals surface area contributed by atoms with Gasteiger partial charge in [-0.05, 0) is 45.7 Å². The van der Waals surface area contributed by atoms with Crippen LogP contribution in [0.2, 0.25) is 0 Å². The van der Waals surface area contributed by atoms with Crippen molar-refractivity contribution in [1.29, 1.82) is 0 Å². The number of anilines is 1. The molecule has 0 spiro atoms. The SMILES string of the molecule is C=C(C)C(C)(C=O)NC1COC1(C)CCCNC(=O)CCN(C)c1ccncc1. The van der Waals surface area contributed by atoms with E-state index in [1.807, 2.05) is 44.9 Å². The van der Waals surface area contributed by atoms with Crippen molar-refractivity contribution in [2.24, 2.45) is 0 Å². The molecular weight excluding hydrogens is 368 g/mol. The van der Waals surface area contributed by atoms with E-state index in [2.05, 4.69) is 22.2 Å². The summed E-state index contributed by atoms with van der Waals surface area (Å²) in [7, 11) is 1.96. The molecular formula is C22H34N4O3. The van der Waals surface area contributed by atoms with Crippen molar-refractivity contribution in [2.45, 2.75) is 57.2 Å². The fourth-order valence-electron chi connectivity index (χ4n) is 3.26. The Morgan fingerprint density at radius 2 is 2.17 bits per heavy atom. The molecule has 2 rings (SSSR count). The standard InChI is InChI=1S/C22H34N4O3/c1-17(2)21(3,16-27)25-19-15-29-22(19,4)10-6-11-24-20(28)9-14-26(5)18-7-12-23-13-8-18/h7-8,12-13,16,19,25H,1,6,9-11,14-15H2,2-5H3,(H,24,28). The van der Waals surface area contributed by atoms with E-state index in [0.29, 0.717) is 26.1 Å². The Labute approximate surface area is 173 Å². The Kier molecular flexibility index (Phi) is 7.93. The topological polar surface area (TPSA) is 83.6 Å². The van der Waals surface area contributed by atoms with Gasteiger partial charge in [0.1, 0.15) is 6.29 Å². The van der Waals surface area contributed by atoms with Crippen LogP contribution in [-0.4, -0.2) is 61.1 Å². The van der Waals surface area contributed by atoms with Crippen LogP contribution < -0.4 is 15.5 Å². The van der Waals surface area contributed by atoms with Crippen LogP contribution in [-0.2, 0) is 14.3 Å². The van der Waals surface area contributed by atoms with Crippen molar-refractivity contribution in [3.63, 3.8) is 0 Å². The molecule has 7 heteroatoms. The highest BCUT2D eigenvalue weighted by Gasteiger charge is 2.46. The van der Waals surface area contributed by atoms with Gasteiger partial charge in [0, 0.05) is 44.6 Å². The zero-order valence-electron chi connectivity index (χ0n) is 18.0. The zero-order valence-corrected chi connectivity index (χ0v) is 18.0. The maximum atomic E-state index is 12.1. The number of carbonyl (C=O) groups is 2. The number of hydrogen-bond donors (Lipinski definition) is 2. The number of nitrogens with one attached hydrogen (secondary N) is 2. The van der Waals surface area contributed by atoms with Gasteiger partial charge >= 0.3 is 0 Å². The molecule has 1 aromatic rings. The average molecular weight is 403 g/mol. The van der Waals surface area contributed by atoms with Crippen LogP contribution in [0, 0.1) is 0 Å². The first kappa shape index (κ1) is 23.0. The highest BCUT2D eigenvalue weighted by Crippen LogP contribution is 2.33. The largest absolute Gasteiger partial charge is 0.374 e. The summed E-state index contributed by atoms with van der Waals surface area (Å²) >= 11 is 0. The molecule has 2 N–H and O–H groups in total. The molecule has 0 saturated carbocycles. The Hall–Kier alpha value is -2.25. The number of nitrogens with zero attached hydrogens (tertiary/aromatic N) is 2. The number of carbonyl (C=O) groups excluding carboxylic acids is 2. The van der Waals surface area contributed by atoms with E-state index in [-0.39, 0.29) is 17.6 Å². The number of amides is 1. The van der Waals surface area contributed by atoms with Crippen molar-refractivity contribution in [1.82, 2.24) is 15.6 Å². The Morgan fingerprint density at radius 3 is 2.72 bits per heavy atom. The smallest absolute Gasteiger partial charge is 0.221 e. The first-order valence-corrected chi connectivity index (χ1v) is 10.1. The quantitative estimate of drug-likeness (QED) is 0.316. The number of pyridine rings is 1. The van der Waals surface area contributed by atoms with Gasteiger partial charge in [-0.3, -0.25) is 15.1 Å². The Bertz CT molecular complexity index is 711. The van der Waals surface area contributed by atoms with Crippen molar-refractivity contribution in [2.75, 3.05) is 31.6 Å². The van der Waals surface area contributed by atoms with Crippen LogP contribution in [0.4, 0.5) is 5.69 Å². The molecule has 3 unspecified atom stereocenters. The zero-order chi connectivity index (χ0) is 21.5. The molecule has 0 aliphatic carbocycles. The first-order valence-electron chi connectivity index (χ1n) is 10.1. The molecule has 1 saturated heterocycles. The van der Waals surface area contributed by atoms with Crippen molar-refractivity contribution in [3.8, 4) is 0 Å². The summed E-state index contributed by atoms with van der Waals surface area (Å²) in [6.07, 6.45) is 6.43. The van der Waals surface area contributed by atoms with Gasteiger partial charge in [0.05, 0.1) is 23.8 Å². The molecule has 0 bridgehead atoms. The van der Waals surface area contributed by atoms with Crippen molar-refractivity contribution >= 4 is 17.9 Å². The van der Waals surface area contributed by atoms with Crippen molar-refractivity contribution < 1.29 is 14.3 Å². The van der Waals surface area contributed by atoms with Gasteiger partial charge in [0.2, 0.25) is 5.91 Å². The van der Waals surface area contributed by atoms with Crippen LogP contribution in [0.25, 0.3) is 0 Å². The summed E-state index contributed by atoms with van der Waals surface area (Å²) in [4.78, 5) is 29.6. The molecule has 3 atom stereocenters. The number of aldehydes is 1. The monoisotopic (exact) mass is 402 g/mol. The molecule has 1 aromatic heterocycles. The van der Waals surface area contributed by atoms with Gasteiger partial charge in [0.15, 0.2) is 0 Å². The lowest BCUT2D eigenvalue weighted by molar-refractivity contribution is -0.175. The van der Waals surface area contributed by atoms with Gasteiger partial charge in [-0.1, -0.05) is 12.2 Å². The summed E-state index contributed by atoms with van der Waals surface area (Å²) in [5.74, 6) is 0.0380. The minimum absolute atomic E-state index is 0.0380. The van der Waals surface area contributed by atoms with Gasteiger partial charge < -0.3 is 19.7 Å². The van der Waals surface area contributed by atoms with E-state index >= 15 is 0 Å². The second kappa shape index (κ2) is 9.98. The van der Waals surface area contributed by atoms with Crippen LogP contribution in [0.3, 0.4) is 0 Å². The fraction of sp³-hybridized carbons (Fsp3) is 0.591. The Morgan fingerprint density at radius 1 is 1.48 bits per heavy atom. The molecule has 29 heavy (non-hydrogen) atoms. The van der Waals surface area contributed by atoms with Crippen LogP contribution in [0.1, 0.15) is 40.0 Å². The molecule has 1 amide bonds. The van der Waals surface area contributed by atoms with Gasteiger partial charge in [-0.25, -0.2) is 0 Å². The van der Waals surface area contributed by atoms with Crippen LogP contribution in [0.5, 0.6) is 0 Å². The molecule has 0 radical (unpaired) electrons. The Balaban J connectivity index is 1.68. The summed E-state index contributed by atoms with van der Waals surface area (Å²) < 4.78 is 5.80. The van der Waals surface area contributed by atoms with E-state index in [1.165, 1.54) is 0 Å². The first-order chi connectivity index (χ1) is 13.7. The lowest BCUT2D eigenvalue weighted by atomic mass is 9.83. The van der Waals surface area contributed by atoms with Gasteiger partial charge in [-0.2, -0.15) is 0 Å². The van der Waals surface area contributed by atoms with Gasteiger partial charge in [-0.15, -0.1) is 0 Å². The van der Waals surface area contributed by atoms with E-state index in [0.717, 1.165) is 30.4 Å². The van der Waals surface area contributed by atoms with E-state index in [1.54, 1.807) is 12.4 Å². The lowest BCUT2D eigenvalue weighted by Gasteiger charge is -2.50. The highest BCUT2D eigenvalue weighted by atomic mass is 16.5.